The number of ketones is 1. The van der Waals surface area contributed by atoms with Gasteiger partial charge in [0, 0.05) is 25.8 Å². The van der Waals surface area contributed by atoms with Crippen LogP contribution in [0.3, 0.4) is 0 Å². The van der Waals surface area contributed by atoms with Gasteiger partial charge in [-0.15, -0.1) is 0 Å². The molecule has 0 bridgehead atoms. The van der Waals surface area contributed by atoms with Crippen molar-refractivity contribution in [1.82, 2.24) is 4.90 Å². The number of rotatable bonds is 10. The molecule has 2 aromatic rings. The first-order valence-electron chi connectivity index (χ1n) is 10.3. The zero-order chi connectivity index (χ0) is 23.1. The normalized spacial score (nSPS) is 17.4. The van der Waals surface area contributed by atoms with Crippen LogP contribution in [0.25, 0.3) is 5.76 Å². The number of carbonyl (C=O) groups is 2. The molecule has 0 saturated carbocycles. The summed E-state index contributed by atoms with van der Waals surface area (Å²) in [5.74, 6) is -0.329. The minimum absolute atomic E-state index is 0.0531. The van der Waals surface area contributed by atoms with Crippen molar-refractivity contribution >= 4 is 17.4 Å². The van der Waals surface area contributed by atoms with Gasteiger partial charge in [-0.3, -0.25) is 9.59 Å². The number of likely N-dealkylation sites (tertiary alicyclic amines) is 1. The van der Waals surface area contributed by atoms with Crippen LogP contribution in [0, 0.1) is 0 Å². The summed E-state index contributed by atoms with van der Waals surface area (Å²) in [6.07, 6.45) is 2.19. The molecule has 0 aliphatic carbocycles. The Morgan fingerprint density at radius 3 is 2.31 bits per heavy atom. The van der Waals surface area contributed by atoms with E-state index in [0.717, 1.165) is 0 Å². The molecule has 7 nitrogen and oxygen atoms in total. The Morgan fingerprint density at radius 2 is 1.72 bits per heavy atom. The van der Waals surface area contributed by atoms with Crippen molar-refractivity contribution < 1.29 is 28.9 Å². The maximum Gasteiger partial charge on any atom is 0.295 e. The summed E-state index contributed by atoms with van der Waals surface area (Å²) in [5.41, 5.74) is 1.18. The van der Waals surface area contributed by atoms with E-state index in [1.54, 1.807) is 68.8 Å². The second-order valence-corrected chi connectivity index (χ2v) is 7.24. The van der Waals surface area contributed by atoms with Gasteiger partial charge in [0.15, 0.2) is 0 Å². The molecule has 168 valence electrons. The van der Waals surface area contributed by atoms with E-state index in [0.29, 0.717) is 48.8 Å². The first kappa shape index (κ1) is 23.1. The van der Waals surface area contributed by atoms with Gasteiger partial charge >= 0.3 is 0 Å². The molecule has 1 atom stereocenters. The number of nitrogens with zero attached hydrogens (tertiary/aromatic N) is 1. The number of ether oxygens (including phenoxy) is 3. The fraction of sp³-hybridized carbons (Fsp3) is 0.280. The molecule has 3 rings (SSSR count). The van der Waals surface area contributed by atoms with Crippen molar-refractivity contribution in [2.24, 2.45) is 0 Å². The SMILES string of the molecule is C=CCOc1ccc(C(O)=C2C(=O)C(=O)N(CCCOC)C2c2ccc(OC)cc2)cc1. The average Bonchev–Trinajstić information content (AvgIpc) is 3.08. The third-order valence-electron chi connectivity index (χ3n) is 5.21. The minimum atomic E-state index is -0.715. The zero-order valence-corrected chi connectivity index (χ0v) is 18.2. The Morgan fingerprint density at radius 1 is 1.06 bits per heavy atom. The molecule has 1 saturated heterocycles. The molecule has 7 heteroatoms. The molecular formula is C25H27NO6. The predicted octanol–water partition coefficient (Wildman–Crippen LogP) is 3.72. The van der Waals surface area contributed by atoms with Crippen molar-refractivity contribution in [3.05, 3.63) is 77.9 Å². The molecule has 1 N–H and O–H groups in total. The Hall–Kier alpha value is -3.58. The summed E-state index contributed by atoms with van der Waals surface area (Å²) in [6.45, 7) is 4.73. The molecule has 0 radical (unpaired) electrons. The van der Waals surface area contributed by atoms with E-state index >= 15 is 0 Å². The quantitative estimate of drug-likeness (QED) is 0.201. The highest BCUT2D eigenvalue weighted by atomic mass is 16.5. The summed E-state index contributed by atoms with van der Waals surface area (Å²) < 4.78 is 15.8. The van der Waals surface area contributed by atoms with Gasteiger partial charge in [0.1, 0.15) is 23.9 Å². The summed E-state index contributed by atoms with van der Waals surface area (Å²) in [4.78, 5) is 27.3. The van der Waals surface area contributed by atoms with Crippen LogP contribution in [0.5, 0.6) is 11.5 Å². The van der Waals surface area contributed by atoms with Crippen molar-refractivity contribution in [3.8, 4) is 11.5 Å². The molecule has 2 aromatic carbocycles. The number of aliphatic hydroxyl groups is 1. The van der Waals surface area contributed by atoms with Crippen LogP contribution in [0.1, 0.15) is 23.6 Å². The molecule has 0 spiro atoms. The van der Waals surface area contributed by atoms with E-state index in [2.05, 4.69) is 6.58 Å². The molecule has 1 amide bonds. The van der Waals surface area contributed by atoms with Crippen molar-refractivity contribution in [2.45, 2.75) is 12.5 Å². The van der Waals surface area contributed by atoms with Crippen molar-refractivity contribution in [3.63, 3.8) is 0 Å². The van der Waals surface area contributed by atoms with Crippen LogP contribution in [0.4, 0.5) is 0 Å². The topological polar surface area (TPSA) is 85.3 Å². The average molecular weight is 437 g/mol. The van der Waals surface area contributed by atoms with E-state index in [1.807, 2.05) is 0 Å². The lowest BCUT2D eigenvalue weighted by Gasteiger charge is -2.25. The zero-order valence-electron chi connectivity index (χ0n) is 18.2. The molecule has 1 fully saturated rings. The Bertz CT molecular complexity index is 994. The van der Waals surface area contributed by atoms with Gasteiger partial charge in [-0.2, -0.15) is 0 Å². The van der Waals surface area contributed by atoms with E-state index < -0.39 is 17.7 Å². The Balaban J connectivity index is 2.03. The summed E-state index contributed by atoms with van der Waals surface area (Å²) in [5, 5.41) is 11.1. The van der Waals surface area contributed by atoms with Crippen molar-refractivity contribution in [1.29, 1.82) is 0 Å². The number of carbonyl (C=O) groups excluding carboxylic acids is 2. The van der Waals surface area contributed by atoms with Crippen LogP contribution in [-0.2, 0) is 14.3 Å². The molecule has 1 heterocycles. The van der Waals surface area contributed by atoms with Gasteiger partial charge in [0.05, 0.1) is 18.7 Å². The third kappa shape index (κ3) is 4.84. The summed E-state index contributed by atoms with van der Waals surface area (Å²) in [6, 6.07) is 13.1. The van der Waals surface area contributed by atoms with Gasteiger partial charge in [0.25, 0.3) is 11.7 Å². The van der Waals surface area contributed by atoms with Crippen LogP contribution < -0.4 is 9.47 Å². The summed E-state index contributed by atoms with van der Waals surface area (Å²) >= 11 is 0. The lowest BCUT2D eigenvalue weighted by Crippen LogP contribution is -2.31. The number of amides is 1. The first-order valence-corrected chi connectivity index (χ1v) is 10.3. The highest BCUT2D eigenvalue weighted by molar-refractivity contribution is 6.46. The molecular weight excluding hydrogens is 410 g/mol. The predicted molar refractivity (Wildman–Crippen MR) is 121 cm³/mol. The monoisotopic (exact) mass is 437 g/mol. The maximum absolute atomic E-state index is 13.0. The smallest absolute Gasteiger partial charge is 0.295 e. The van der Waals surface area contributed by atoms with Crippen LogP contribution in [0.2, 0.25) is 0 Å². The highest BCUT2D eigenvalue weighted by Crippen LogP contribution is 2.40. The molecule has 32 heavy (non-hydrogen) atoms. The van der Waals surface area contributed by atoms with E-state index in [9.17, 15) is 14.7 Å². The third-order valence-corrected chi connectivity index (χ3v) is 5.21. The molecule has 0 aromatic heterocycles. The van der Waals surface area contributed by atoms with Crippen LogP contribution in [-0.4, -0.2) is 55.7 Å². The van der Waals surface area contributed by atoms with E-state index in [1.165, 1.54) is 4.90 Å². The number of Topliss-reactive ketones (excluding diaryl/α,β-unsaturated/α-hetero) is 1. The Labute approximate surface area is 187 Å². The number of methoxy groups -OCH3 is 2. The van der Waals surface area contributed by atoms with Gasteiger partial charge in [-0.05, 0) is 48.4 Å². The van der Waals surface area contributed by atoms with Gasteiger partial charge in [-0.25, -0.2) is 0 Å². The lowest BCUT2D eigenvalue weighted by atomic mass is 9.95. The number of benzene rings is 2. The summed E-state index contributed by atoms with van der Waals surface area (Å²) in [7, 11) is 3.14. The van der Waals surface area contributed by atoms with Crippen LogP contribution >= 0.6 is 0 Å². The Kier molecular flexibility index (Phi) is 7.68. The lowest BCUT2D eigenvalue weighted by molar-refractivity contribution is -0.140. The second kappa shape index (κ2) is 10.6. The number of aliphatic hydroxyl groups excluding tert-OH is 1. The second-order valence-electron chi connectivity index (χ2n) is 7.24. The first-order chi connectivity index (χ1) is 15.5. The molecule has 1 aliphatic heterocycles. The largest absolute Gasteiger partial charge is 0.507 e. The van der Waals surface area contributed by atoms with Gasteiger partial charge < -0.3 is 24.2 Å². The van der Waals surface area contributed by atoms with Crippen LogP contribution in [0.15, 0.2) is 66.8 Å². The minimum Gasteiger partial charge on any atom is -0.507 e. The number of hydrogen-bond acceptors (Lipinski definition) is 6. The van der Waals surface area contributed by atoms with Gasteiger partial charge in [-0.1, -0.05) is 24.8 Å². The molecule has 1 aliphatic rings. The number of hydrogen-bond donors (Lipinski definition) is 1. The standard InChI is InChI=1S/C25H27NO6/c1-4-15-32-20-12-8-18(9-13-20)23(27)21-22(17-6-10-19(31-3)11-7-17)26(14-5-16-30-2)25(29)24(21)28/h4,6-13,22,27H,1,5,14-16H2,2-3H3. The fourth-order valence-corrected chi connectivity index (χ4v) is 3.64. The molecule has 1 unspecified atom stereocenters. The van der Waals surface area contributed by atoms with Crippen molar-refractivity contribution in [2.75, 3.05) is 34.0 Å². The van der Waals surface area contributed by atoms with Gasteiger partial charge in [0.2, 0.25) is 0 Å². The highest BCUT2D eigenvalue weighted by Gasteiger charge is 2.45. The maximum atomic E-state index is 13.0. The van der Waals surface area contributed by atoms with E-state index in [4.69, 9.17) is 14.2 Å². The van der Waals surface area contributed by atoms with E-state index in [-0.39, 0.29) is 11.3 Å². The fourth-order valence-electron chi connectivity index (χ4n) is 3.64.